The van der Waals surface area contributed by atoms with Gasteiger partial charge in [0.2, 0.25) is 0 Å². The van der Waals surface area contributed by atoms with Gasteiger partial charge in [-0.05, 0) is 37.8 Å². The number of aromatic nitrogens is 3. The van der Waals surface area contributed by atoms with E-state index in [-0.39, 0.29) is 11.8 Å². The molecule has 6 nitrogen and oxygen atoms in total. The first kappa shape index (κ1) is 14.4. The summed E-state index contributed by atoms with van der Waals surface area (Å²) in [7, 11) is 0. The Morgan fingerprint density at radius 1 is 1.26 bits per heavy atom. The van der Waals surface area contributed by atoms with Gasteiger partial charge in [-0.1, -0.05) is 23.4 Å². The van der Waals surface area contributed by atoms with E-state index < -0.39 is 5.60 Å². The SMILES string of the molecule is O=C(c1cn(-c2ccccc2)nn1)N1CCCC(C2(O)CC2)C1. The predicted molar refractivity (Wildman–Crippen MR) is 84.2 cm³/mol. The molecule has 4 rings (SSSR count). The van der Waals surface area contributed by atoms with Crippen LogP contribution in [0.1, 0.15) is 36.2 Å². The summed E-state index contributed by atoms with van der Waals surface area (Å²) in [6, 6.07) is 9.61. The molecule has 2 aromatic rings. The van der Waals surface area contributed by atoms with E-state index in [1.807, 2.05) is 35.2 Å². The number of likely N-dealkylation sites (tertiary alicyclic amines) is 1. The van der Waals surface area contributed by atoms with Crippen molar-refractivity contribution < 1.29 is 9.90 Å². The molecule has 1 unspecified atom stereocenters. The van der Waals surface area contributed by atoms with Crippen LogP contribution in [0.2, 0.25) is 0 Å². The highest BCUT2D eigenvalue weighted by Crippen LogP contribution is 2.45. The number of carbonyl (C=O) groups excluding carboxylic acids is 1. The molecule has 0 radical (unpaired) electrons. The molecule has 1 aromatic heterocycles. The Morgan fingerprint density at radius 2 is 2.04 bits per heavy atom. The van der Waals surface area contributed by atoms with Crippen molar-refractivity contribution in [3.8, 4) is 5.69 Å². The molecule has 2 aliphatic rings. The molecule has 2 heterocycles. The fourth-order valence-corrected chi connectivity index (χ4v) is 3.37. The second-order valence-corrected chi connectivity index (χ2v) is 6.58. The van der Waals surface area contributed by atoms with Gasteiger partial charge in [0.25, 0.3) is 5.91 Å². The quantitative estimate of drug-likeness (QED) is 0.935. The summed E-state index contributed by atoms with van der Waals surface area (Å²) in [6.07, 6.45) is 5.34. The van der Waals surface area contributed by atoms with Gasteiger partial charge in [0.15, 0.2) is 5.69 Å². The molecule has 1 N–H and O–H groups in total. The lowest BCUT2D eigenvalue weighted by Gasteiger charge is -2.34. The molecule has 1 aliphatic heterocycles. The number of para-hydroxylation sites is 1. The average molecular weight is 312 g/mol. The maximum absolute atomic E-state index is 12.7. The summed E-state index contributed by atoms with van der Waals surface area (Å²) in [5, 5.41) is 18.4. The van der Waals surface area contributed by atoms with Crippen LogP contribution in [-0.2, 0) is 0 Å². The largest absolute Gasteiger partial charge is 0.390 e. The van der Waals surface area contributed by atoms with Gasteiger partial charge in [0, 0.05) is 19.0 Å². The average Bonchev–Trinajstić information content (AvgIpc) is 3.17. The maximum Gasteiger partial charge on any atom is 0.276 e. The van der Waals surface area contributed by atoms with Crippen LogP contribution in [0.4, 0.5) is 0 Å². The lowest BCUT2D eigenvalue weighted by atomic mass is 9.90. The highest BCUT2D eigenvalue weighted by Gasteiger charge is 2.49. The minimum Gasteiger partial charge on any atom is -0.390 e. The molecule has 2 fully saturated rings. The molecule has 1 atom stereocenters. The first-order valence-electron chi connectivity index (χ1n) is 8.15. The van der Waals surface area contributed by atoms with Crippen molar-refractivity contribution in [1.82, 2.24) is 19.9 Å². The number of hydrogen-bond acceptors (Lipinski definition) is 4. The molecule has 1 saturated heterocycles. The van der Waals surface area contributed by atoms with Crippen molar-refractivity contribution in [2.75, 3.05) is 13.1 Å². The standard InChI is InChI=1S/C17H20N4O2/c22-16(20-10-4-5-13(11-20)17(23)8-9-17)15-12-21(19-18-15)14-6-2-1-3-7-14/h1-3,6-7,12-13,23H,4-5,8-11H2. The zero-order valence-electron chi connectivity index (χ0n) is 12.9. The van der Waals surface area contributed by atoms with Crippen LogP contribution in [0.25, 0.3) is 5.69 Å². The summed E-state index contributed by atoms with van der Waals surface area (Å²) in [6.45, 7) is 1.34. The molecule has 1 aromatic carbocycles. The summed E-state index contributed by atoms with van der Waals surface area (Å²) < 4.78 is 1.61. The van der Waals surface area contributed by atoms with E-state index in [9.17, 15) is 9.90 Å². The lowest BCUT2D eigenvalue weighted by molar-refractivity contribution is 0.0279. The second-order valence-electron chi connectivity index (χ2n) is 6.58. The van der Waals surface area contributed by atoms with Gasteiger partial charge in [-0.3, -0.25) is 4.79 Å². The van der Waals surface area contributed by atoms with E-state index in [1.165, 1.54) is 0 Å². The number of aliphatic hydroxyl groups is 1. The van der Waals surface area contributed by atoms with E-state index in [1.54, 1.807) is 10.9 Å². The molecule has 0 bridgehead atoms. The zero-order valence-corrected chi connectivity index (χ0v) is 12.9. The van der Waals surface area contributed by atoms with Gasteiger partial charge in [0.1, 0.15) is 0 Å². The molecule has 23 heavy (non-hydrogen) atoms. The molecule has 0 spiro atoms. The van der Waals surface area contributed by atoms with Crippen molar-refractivity contribution in [2.24, 2.45) is 5.92 Å². The number of rotatable bonds is 3. The first-order chi connectivity index (χ1) is 11.2. The number of nitrogens with zero attached hydrogens (tertiary/aromatic N) is 4. The van der Waals surface area contributed by atoms with Gasteiger partial charge < -0.3 is 10.0 Å². The fourth-order valence-electron chi connectivity index (χ4n) is 3.37. The first-order valence-corrected chi connectivity index (χ1v) is 8.15. The monoisotopic (exact) mass is 312 g/mol. The molecule has 120 valence electrons. The van der Waals surface area contributed by atoms with Crippen molar-refractivity contribution in [3.63, 3.8) is 0 Å². The minimum atomic E-state index is -0.527. The number of amides is 1. The number of hydrogen-bond donors (Lipinski definition) is 1. The smallest absolute Gasteiger partial charge is 0.276 e. The Kier molecular flexibility index (Phi) is 3.41. The number of piperidine rings is 1. The van der Waals surface area contributed by atoms with Gasteiger partial charge in [-0.15, -0.1) is 5.10 Å². The fraction of sp³-hybridized carbons (Fsp3) is 0.471. The Hall–Kier alpha value is -2.21. The van der Waals surface area contributed by atoms with Gasteiger partial charge in [0.05, 0.1) is 17.5 Å². The zero-order chi connectivity index (χ0) is 15.9. The number of carbonyl (C=O) groups is 1. The Morgan fingerprint density at radius 3 is 2.78 bits per heavy atom. The Balaban J connectivity index is 1.50. The van der Waals surface area contributed by atoms with Crippen LogP contribution >= 0.6 is 0 Å². The topological polar surface area (TPSA) is 71.2 Å². The highest BCUT2D eigenvalue weighted by atomic mass is 16.3. The predicted octanol–water partition coefficient (Wildman–Crippen LogP) is 1.64. The number of benzene rings is 1. The van der Waals surface area contributed by atoms with E-state index in [0.29, 0.717) is 12.2 Å². The summed E-state index contributed by atoms with van der Waals surface area (Å²) in [4.78, 5) is 14.5. The summed E-state index contributed by atoms with van der Waals surface area (Å²) in [5.74, 6) is 0.102. The van der Waals surface area contributed by atoms with Crippen LogP contribution in [-0.4, -0.2) is 49.6 Å². The maximum atomic E-state index is 12.7. The third kappa shape index (κ3) is 2.74. The highest BCUT2D eigenvalue weighted by molar-refractivity contribution is 5.92. The van der Waals surface area contributed by atoms with E-state index in [4.69, 9.17) is 0 Å². The van der Waals surface area contributed by atoms with Crippen molar-refractivity contribution >= 4 is 5.91 Å². The molecule has 1 saturated carbocycles. The van der Waals surface area contributed by atoms with Crippen molar-refractivity contribution in [1.29, 1.82) is 0 Å². The Bertz CT molecular complexity index is 708. The minimum absolute atomic E-state index is 0.0962. The lowest BCUT2D eigenvalue weighted by Crippen LogP contribution is -2.44. The molecular weight excluding hydrogens is 292 g/mol. The van der Waals surface area contributed by atoms with Gasteiger partial charge >= 0.3 is 0 Å². The molecule has 1 aliphatic carbocycles. The van der Waals surface area contributed by atoms with Gasteiger partial charge in [-0.25, -0.2) is 4.68 Å². The molecule has 6 heteroatoms. The van der Waals surface area contributed by atoms with Crippen molar-refractivity contribution in [2.45, 2.75) is 31.3 Å². The van der Waals surface area contributed by atoms with Gasteiger partial charge in [-0.2, -0.15) is 0 Å². The third-order valence-electron chi connectivity index (χ3n) is 4.96. The van der Waals surface area contributed by atoms with Crippen LogP contribution in [0.15, 0.2) is 36.5 Å². The van der Waals surface area contributed by atoms with E-state index in [2.05, 4.69) is 10.3 Å². The van der Waals surface area contributed by atoms with E-state index >= 15 is 0 Å². The third-order valence-corrected chi connectivity index (χ3v) is 4.96. The Labute approximate surface area is 134 Å². The second kappa shape index (κ2) is 5.45. The molecule has 1 amide bonds. The van der Waals surface area contributed by atoms with Crippen LogP contribution < -0.4 is 0 Å². The van der Waals surface area contributed by atoms with Crippen LogP contribution in [0.5, 0.6) is 0 Å². The summed E-state index contributed by atoms with van der Waals surface area (Å²) >= 11 is 0. The van der Waals surface area contributed by atoms with Crippen molar-refractivity contribution in [3.05, 3.63) is 42.2 Å². The summed E-state index contributed by atoms with van der Waals surface area (Å²) in [5.41, 5.74) is 0.709. The van der Waals surface area contributed by atoms with Crippen LogP contribution in [0.3, 0.4) is 0 Å². The normalized spacial score (nSPS) is 22.8. The van der Waals surface area contributed by atoms with Crippen LogP contribution in [0, 0.1) is 5.92 Å². The molecular formula is C17H20N4O2. The van der Waals surface area contributed by atoms with E-state index in [0.717, 1.165) is 37.9 Å².